The zero-order valence-electron chi connectivity index (χ0n) is 7.09. The number of rotatable bonds is 2. The lowest BCUT2D eigenvalue weighted by atomic mass is 10.3. The minimum absolute atomic E-state index is 0.0347. The smallest absolute Gasteiger partial charge is 0.314 e. The maximum absolute atomic E-state index is 10.0. The second-order valence-corrected chi connectivity index (χ2v) is 2.68. The number of nitro benzene ring substituents is 1. The summed E-state index contributed by atoms with van der Waals surface area (Å²) in [6.45, 7) is 0. The summed E-state index contributed by atoms with van der Waals surface area (Å²) in [5, 5.41) is 17.7. The molecule has 1 rings (SSSR count). The lowest BCUT2D eigenvalue weighted by Gasteiger charge is -1.85. The van der Waals surface area contributed by atoms with Crippen LogP contribution in [0, 0.1) is 10.1 Å². The van der Waals surface area contributed by atoms with Crippen molar-refractivity contribution < 1.29 is 14.8 Å². The standard InChI is InChI=1S/C6H5NO2.C2H3BrO2/c8-7(9)6-4-2-1-3-5-6;3-1-2(4)5/h1-5H;1H2,(H,4,5). The molecule has 1 aromatic rings. The van der Waals surface area contributed by atoms with Gasteiger partial charge in [0.15, 0.2) is 0 Å². The summed E-state index contributed by atoms with van der Waals surface area (Å²) >= 11 is 2.71. The van der Waals surface area contributed by atoms with E-state index in [1.54, 1.807) is 18.2 Å². The number of carboxylic acid groups (broad SMARTS) is 1. The highest BCUT2D eigenvalue weighted by molar-refractivity contribution is 9.09. The van der Waals surface area contributed by atoms with Gasteiger partial charge < -0.3 is 5.11 Å². The van der Waals surface area contributed by atoms with Crippen LogP contribution in [0.5, 0.6) is 0 Å². The molecule has 0 atom stereocenters. The number of carbonyl (C=O) groups is 1. The van der Waals surface area contributed by atoms with Gasteiger partial charge in [0.05, 0.1) is 4.92 Å². The van der Waals surface area contributed by atoms with Crippen molar-refractivity contribution in [1.29, 1.82) is 0 Å². The summed E-state index contributed by atoms with van der Waals surface area (Å²) < 4.78 is 0. The maximum atomic E-state index is 10.0. The number of halogens is 1. The number of hydrogen-bond acceptors (Lipinski definition) is 3. The number of para-hydroxylation sites is 1. The Morgan fingerprint density at radius 1 is 1.43 bits per heavy atom. The topological polar surface area (TPSA) is 80.4 Å². The maximum Gasteiger partial charge on any atom is 0.314 e. The lowest BCUT2D eigenvalue weighted by molar-refractivity contribution is -0.384. The molecule has 0 saturated heterocycles. The summed E-state index contributed by atoms with van der Waals surface area (Å²) in [4.78, 5) is 18.9. The molecule has 5 nitrogen and oxygen atoms in total. The van der Waals surface area contributed by atoms with Crippen LogP contribution in [0.1, 0.15) is 0 Å². The monoisotopic (exact) mass is 261 g/mol. The van der Waals surface area contributed by atoms with E-state index in [4.69, 9.17) is 5.11 Å². The van der Waals surface area contributed by atoms with Gasteiger partial charge in [-0.1, -0.05) is 34.1 Å². The Morgan fingerprint density at radius 2 is 1.86 bits per heavy atom. The van der Waals surface area contributed by atoms with Gasteiger partial charge in [-0.05, 0) is 0 Å². The molecule has 0 radical (unpaired) electrons. The Balaban J connectivity index is 0.000000292. The molecule has 0 bridgehead atoms. The molecule has 1 aromatic carbocycles. The first-order chi connectivity index (χ1) is 6.57. The molecular weight excluding hydrogens is 254 g/mol. The van der Waals surface area contributed by atoms with Gasteiger partial charge in [-0.25, -0.2) is 0 Å². The Kier molecular flexibility index (Phi) is 6.30. The van der Waals surface area contributed by atoms with Crippen molar-refractivity contribution in [3.05, 3.63) is 40.4 Å². The van der Waals surface area contributed by atoms with Gasteiger partial charge in [0.1, 0.15) is 5.33 Å². The molecule has 0 unspecified atom stereocenters. The number of nitro groups is 1. The van der Waals surface area contributed by atoms with E-state index in [0.29, 0.717) is 0 Å². The fraction of sp³-hybridized carbons (Fsp3) is 0.125. The molecule has 0 aliphatic rings. The van der Waals surface area contributed by atoms with Gasteiger partial charge in [-0.3, -0.25) is 14.9 Å². The largest absolute Gasteiger partial charge is 0.481 e. The molecule has 1 N–H and O–H groups in total. The SMILES string of the molecule is O=C(O)CBr.O=[N+]([O-])c1ccccc1. The molecule has 76 valence electrons. The van der Waals surface area contributed by atoms with Crippen molar-refractivity contribution in [1.82, 2.24) is 0 Å². The van der Waals surface area contributed by atoms with Crippen LogP contribution in [0.4, 0.5) is 5.69 Å². The van der Waals surface area contributed by atoms with Crippen LogP contribution in [0.3, 0.4) is 0 Å². The van der Waals surface area contributed by atoms with Gasteiger partial charge in [0.25, 0.3) is 5.69 Å². The first kappa shape index (κ1) is 12.6. The molecule has 0 aromatic heterocycles. The molecule has 0 saturated carbocycles. The molecule has 0 heterocycles. The number of hydrogen-bond donors (Lipinski definition) is 1. The average Bonchev–Trinajstić information content (AvgIpc) is 2.20. The second kappa shape index (κ2) is 7.02. The van der Waals surface area contributed by atoms with E-state index in [1.807, 2.05) is 0 Å². The van der Waals surface area contributed by atoms with E-state index in [1.165, 1.54) is 12.1 Å². The molecule has 0 fully saturated rings. The summed E-state index contributed by atoms with van der Waals surface area (Å²) in [6.07, 6.45) is 0. The van der Waals surface area contributed by atoms with Gasteiger partial charge >= 0.3 is 5.97 Å². The summed E-state index contributed by atoms with van der Waals surface area (Å²) in [7, 11) is 0. The first-order valence-electron chi connectivity index (χ1n) is 3.55. The van der Waals surface area contributed by atoms with Crippen LogP contribution < -0.4 is 0 Å². The minimum atomic E-state index is -0.829. The number of aliphatic carboxylic acids is 1. The molecule has 0 spiro atoms. The molecule has 0 amide bonds. The van der Waals surface area contributed by atoms with Crippen LogP contribution in [0.15, 0.2) is 30.3 Å². The number of benzene rings is 1. The predicted molar refractivity (Wildman–Crippen MR) is 54.5 cm³/mol. The predicted octanol–water partition coefficient (Wildman–Crippen LogP) is 2.06. The fourth-order valence-corrected chi connectivity index (χ4v) is 0.550. The first-order valence-corrected chi connectivity index (χ1v) is 4.67. The Hall–Kier alpha value is -1.43. The van der Waals surface area contributed by atoms with E-state index >= 15 is 0 Å². The van der Waals surface area contributed by atoms with E-state index in [2.05, 4.69) is 15.9 Å². The summed E-state index contributed by atoms with van der Waals surface area (Å²) in [6, 6.07) is 7.93. The Labute approximate surface area is 88.6 Å². The zero-order chi connectivity index (χ0) is 11.0. The van der Waals surface area contributed by atoms with Gasteiger partial charge in [0.2, 0.25) is 0 Å². The second-order valence-electron chi connectivity index (χ2n) is 2.12. The molecule has 14 heavy (non-hydrogen) atoms. The van der Waals surface area contributed by atoms with E-state index < -0.39 is 10.9 Å². The number of carboxylic acids is 1. The highest BCUT2D eigenvalue weighted by atomic mass is 79.9. The third-order valence-electron chi connectivity index (χ3n) is 1.08. The van der Waals surface area contributed by atoms with E-state index in [0.717, 1.165) is 0 Å². The Morgan fingerprint density at radius 3 is 2.07 bits per heavy atom. The van der Waals surface area contributed by atoms with E-state index in [9.17, 15) is 14.9 Å². The van der Waals surface area contributed by atoms with Crippen molar-refractivity contribution in [2.75, 3.05) is 5.33 Å². The Bertz CT molecular complexity index is 301. The molecule has 6 heteroatoms. The van der Waals surface area contributed by atoms with Crippen LogP contribution in [0.2, 0.25) is 0 Å². The van der Waals surface area contributed by atoms with Crippen LogP contribution >= 0.6 is 15.9 Å². The van der Waals surface area contributed by atoms with Gasteiger partial charge in [-0.2, -0.15) is 0 Å². The van der Waals surface area contributed by atoms with Crippen LogP contribution in [-0.4, -0.2) is 21.3 Å². The number of nitrogens with zero attached hydrogens (tertiary/aromatic N) is 1. The normalized spacial score (nSPS) is 8.36. The van der Waals surface area contributed by atoms with Crippen molar-refractivity contribution in [2.24, 2.45) is 0 Å². The lowest BCUT2D eigenvalue weighted by Crippen LogP contribution is -1.92. The number of alkyl halides is 1. The van der Waals surface area contributed by atoms with Crippen LogP contribution in [0.25, 0.3) is 0 Å². The summed E-state index contributed by atoms with van der Waals surface area (Å²) in [5.74, 6) is -0.829. The molecule has 0 aliphatic carbocycles. The fourth-order valence-electron chi connectivity index (χ4n) is 0.550. The van der Waals surface area contributed by atoms with Gasteiger partial charge in [0, 0.05) is 12.1 Å². The number of non-ortho nitro benzene ring substituents is 1. The van der Waals surface area contributed by atoms with E-state index in [-0.39, 0.29) is 11.0 Å². The third kappa shape index (κ3) is 6.13. The molecule has 0 aliphatic heterocycles. The van der Waals surface area contributed by atoms with Crippen LogP contribution in [-0.2, 0) is 4.79 Å². The minimum Gasteiger partial charge on any atom is -0.481 e. The van der Waals surface area contributed by atoms with Crippen molar-refractivity contribution >= 4 is 27.6 Å². The average molecular weight is 262 g/mol. The van der Waals surface area contributed by atoms with Crippen molar-refractivity contribution in [3.63, 3.8) is 0 Å². The van der Waals surface area contributed by atoms with Crippen molar-refractivity contribution in [3.8, 4) is 0 Å². The zero-order valence-corrected chi connectivity index (χ0v) is 8.68. The van der Waals surface area contributed by atoms with Crippen molar-refractivity contribution in [2.45, 2.75) is 0 Å². The highest BCUT2D eigenvalue weighted by Gasteiger charge is 1.98. The third-order valence-corrected chi connectivity index (χ3v) is 1.56. The summed E-state index contributed by atoms with van der Waals surface area (Å²) in [5.41, 5.74) is 0.137. The highest BCUT2D eigenvalue weighted by Crippen LogP contribution is 2.06. The molecular formula is C8H8BrNO4. The van der Waals surface area contributed by atoms with Gasteiger partial charge in [-0.15, -0.1) is 0 Å². The quantitative estimate of drug-likeness (QED) is 0.502.